The van der Waals surface area contributed by atoms with E-state index in [9.17, 15) is 13.2 Å². The van der Waals surface area contributed by atoms with Crippen LogP contribution in [0.4, 0.5) is 5.82 Å². The Morgan fingerprint density at radius 2 is 1.87 bits per heavy atom. The van der Waals surface area contributed by atoms with Crippen molar-refractivity contribution in [2.75, 3.05) is 38.6 Å². The quantitative estimate of drug-likeness (QED) is 0.600. The zero-order valence-corrected chi connectivity index (χ0v) is 17.6. The highest BCUT2D eigenvalue weighted by Gasteiger charge is 2.29. The van der Waals surface area contributed by atoms with Crippen molar-refractivity contribution in [2.24, 2.45) is 0 Å². The third kappa shape index (κ3) is 3.73. The van der Waals surface area contributed by atoms with Crippen LogP contribution >= 0.6 is 0 Å². The molecule has 0 aliphatic carbocycles. The standard InChI is InChI=1S/C20H25N5O4S/c1-14-3-5-15(6-4-14)30(27,28)18-16-13-22-23-20(26)17(16)25(19(18)21)8-2-7-24-9-11-29-12-10-24/h3-6,13H,2,7-12,21H2,1H3,(H,23,26). The molecule has 9 nitrogen and oxygen atoms in total. The van der Waals surface area contributed by atoms with Crippen molar-refractivity contribution < 1.29 is 13.2 Å². The molecule has 0 saturated carbocycles. The maximum atomic E-state index is 13.4. The second-order valence-electron chi connectivity index (χ2n) is 7.45. The fourth-order valence-corrected chi connectivity index (χ4v) is 5.39. The Bertz CT molecular complexity index is 1210. The van der Waals surface area contributed by atoms with E-state index in [1.807, 2.05) is 6.92 Å². The van der Waals surface area contributed by atoms with Gasteiger partial charge in [-0.25, -0.2) is 13.5 Å². The van der Waals surface area contributed by atoms with Crippen LogP contribution in [-0.2, 0) is 21.1 Å². The normalized spacial score (nSPS) is 15.6. The van der Waals surface area contributed by atoms with Gasteiger partial charge in [-0.05, 0) is 25.5 Å². The highest BCUT2D eigenvalue weighted by Crippen LogP contribution is 2.34. The molecule has 1 fully saturated rings. The molecule has 0 amide bonds. The number of hydrogen-bond acceptors (Lipinski definition) is 7. The van der Waals surface area contributed by atoms with Crippen LogP contribution < -0.4 is 11.3 Å². The van der Waals surface area contributed by atoms with E-state index in [4.69, 9.17) is 10.5 Å². The molecule has 1 aromatic carbocycles. The molecule has 4 rings (SSSR count). The summed E-state index contributed by atoms with van der Waals surface area (Å²) in [6, 6.07) is 6.56. The summed E-state index contributed by atoms with van der Waals surface area (Å²) in [5.41, 5.74) is 7.05. The SMILES string of the molecule is Cc1ccc(S(=O)(=O)c2c(N)n(CCCN3CCOCC3)c3c(=O)[nH]ncc23)cc1. The predicted molar refractivity (Wildman–Crippen MR) is 113 cm³/mol. The summed E-state index contributed by atoms with van der Waals surface area (Å²) in [6.07, 6.45) is 2.08. The first kappa shape index (κ1) is 20.6. The fourth-order valence-electron chi connectivity index (χ4n) is 3.83. The Balaban J connectivity index is 1.74. The summed E-state index contributed by atoms with van der Waals surface area (Å²) < 4.78 is 33.7. The van der Waals surface area contributed by atoms with E-state index >= 15 is 0 Å². The monoisotopic (exact) mass is 431 g/mol. The number of nitrogens with two attached hydrogens (primary N) is 1. The van der Waals surface area contributed by atoms with E-state index in [0.717, 1.165) is 31.6 Å². The smallest absolute Gasteiger partial charge is 0.288 e. The van der Waals surface area contributed by atoms with Crippen molar-refractivity contribution in [1.29, 1.82) is 0 Å². The van der Waals surface area contributed by atoms with E-state index < -0.39 is 15.4 Å². The summed E-state index contributed by atoms with van der Waals surface area (Å²) in [5.74, 6) is 0.0612. The molecular weight excluding hydrogens is 406 g/mol. The number of H-pyrrole nitrogens is 1. The van der Waals surface area contributed by atoms with Gasteiger partial charge in [-0.1, -0.05) is 17.7 Å². The number of ether oxygens (including phenoxy) is 1. The number of anilines is 1. The van der Waals surface area contributed by atoms with Crippen molar-refractivity contribution in [1.82, 2.24) is 19.7 Å². The largest absolute Gasteiger partial charge is 0.384 e. The minimum Gasteiger partial charge on any atom is -0.384 e. The van der Waals surface area contributed by atoms with Crippen LogP contribution in [0.1, 0.15) is 12.0 Å². The lowest BCUT2D eigenvalue weighted by Gasteiger charge is -2.26. The number of benzene rings is 1. The highest BCUT2D eigenvalue weighted by atomic mass is 32.2. The zero-order chi connectivity index (χ0) is 21.3. The molecule has 3 N–H and O–H groups in total. The van der Waals surface area contributed by atoms with Crippen LogP contribution in [0.5, 0.6) is 0 Å². The van der Waals surface area contributed by atoms with Gasteiger partial charge in [0.15, 0.2) is 0 Å². The Kier molecular flexibility index (Phi) is 5.63. The van der Waals surface area contributed by atoms with Gasteiger partial charge in [0.25, 0.3) is 5.56 Å². The van der Waals surface area contributed by atoms with Gasteiger partial charge in [0.1, 0.15) is 16.2 Å². The fraction of sp³-hybridized carbons (Fsp3) is 0.400. The molecular formula is C20H25N5O4S. The van der Waals surface area contributed by atoms with Gasteiger partial charge in [-0.15, -0.1) is 0 Å². The van der Waals surface area contributed by atoms with Crippen molar-refractivity contribution >= 4 is 26.6 Å². The number of sulfone groups is 1. The molecule has 1 aliphatic heterocycles. The van der Waals surface area contributed by atoms with Crippen LogP contribution in [0.15, 0.2) is 45.0 Å². The maximum absolute atomic E-state index is 13.4. The van der Waals surface area contributed by atoms with E-state index in [0.29, 0.717) is 19.8 Å². The van der Waals surface area contributed by atoms with Crippen LogP contribution in [0.25, 0.3) is 10.9 Å². The Hall–Kier alpha value is -2.69. The molecule has 3 aromatic rings. The zero-order valence-electron chi connectivity index (χ0n) is 16.8. The Morgan fingerprint density at radius 1 is 1.17 bits per heavy atom. The van der Waals surface area contributed by atoms with Gasteiger partial charge < -0.3 is 15.0 Å². The predicted octanol–water partition coefficient (Wildman–Crippen LogP) is 1.17. The molecule has 0 spiro atoms. The first-order chi connectivity index (χ1) is 14.4. The minimum absolute atomic E-state index is 0.0612. The maximum Gasteiger partial charge on any atom is 0.288 e. The molecule has 0 unspecified atom stereocenters. The van der Waals surface area contributed by atoms with Crippen LogP contribution in [0, 0.1) is 6.92 Å². The van der Waals surface area contributed by atoms with Gasteiger partial charge in [-0.3, -0.25) is 9.69 Å². The molecule has 3 heterocycles. The molecule has 0 bridgehead atoms. The number of morpholine rings is 1. The molecule has 30 heavy (non-hydrogen) atoms. The van der Waals surface area contributed by atoms with E-state index in [-0.39, 0.29) is 26.5 Å². The van der Waals surface area contributed by atoms with E-state index in [1.54, 1.807) is 28.8 Å². The third-order valence-corrected chi connectivity index (χ3v) is 7.29. The summed E-state index contributed by atoms with van der Waals surface area (Å²) in [5, 5.41) is 6.44. The minimum atomic E-state index is -3.92. The topological polar surface area (TPSA) is 123 Å². The molecule has 1 aliphatic rings. The van der Waals surface area contributed by atoms with Crippen molar-refractivity contribution in [3.8, 4) is 0 Å². The third-order valence-electron chi connectivity index (χ3n) is 5.43. The number of aromatic nitrogens is 3. The number of hydrogen-bond donors (Lipinski definition) is 2. The van der Waals surface area contributed by atoms with Crippen molar-refractivity contribution in [3.05, 3.63) is 46.4 Å². The summed E-state index contributed by atoms with van der Waals surface area (Å²) in [4.78, 5) is 14.9. The molecule has 160 valence electrons. The summed E-state index contributed by atoms with van der Waals surface area (Å²) in [6.45, 7) is 6.26. The Morgan fingerprint density at radius 3 is 2.57 bits per heavy atom. The second kappa shape index (κ2) is 8.21. The molecule has 0 radical (unpaired) electrons. The van der Waals surface area contributed by atoms with Crippen molar-refractivity contribution in [2.45, 2.75) is 29.7 Å². The second-order valence-corrected chi connectivity index (χ2v) is 9.34. The molecule has 10 heteroatoms. The van der Waals surface area contributed by atoms with Crippen molar-refractivity contribution in [3.63, 3.8) is 0 Å². The lowest BCUT2D eigenvalue weighted by atomic mass is 10.2. The number of nitrogens with zero attached hydrogens (tertiary/aromatic N) is 3. The number of nitrogens with one attached hydrogen (secondary N) is 1. The summed E-state index contributed by atoms with van der Waals surface area (Å²) >= 11 is 0. The molecule has 0 atom stereocenters. The van der Waals surface area contributed by atoms with Gasteiger partial charge in [0.2, 0.25) is 9.84 Å². The molecule has 1 saturated heterocycles. The van der Waals surface area contributed by atoms with Gasteiger partial charge >= 0.3 is 0 Å². The van der Waals surface area contributed by atoms with Gasteiger partial charge in [0, 0.05) is 31.6 Å². The highest BCUT2D eigenvalue weighted by molar-refractivity contribution is 7.92. The van der Waals surface area contributed by atoms with Gasteiger partial charge in [-0.2, -0.15) is 5.10 Å². The van der Waals surface area contributed by atoms with E-state index in [2.05, 4.69) is 15.1 Å². The number of fused-ring (bicyclic) bond motifs is 1. The van der Waals surface area contributed by atoms with E-state index in [1.165, 1.54) is 6.20 Å². The lowest BCUT2D eigenvalue weighted by molar-refractivity contribution is 0.0370. The van der Waals surface area contributed by atoms with Gasteiger partial charge in [0.05, 0.1) is 24.3 Å². The number of aryl methyl sites for hydroxylation is 2. The lowest BCUT2D eigenvalue weighted by Crippen LogP contribution is -2.37. The number of rotatable bonds is 6. The average molecular weight is 432 g/mol. The first-order valence-corrected chi connectivity index (χ1v) is 11.3. The van der Waals surface area contributed by atoms with Crippen LogP contribution in [0.3, 0.4) is 0 Å². The number of aromatic amines is 1. The Labute approximate surface area is 174 Å². The average Bonchev–Trinajstić information content (AvgIpc) is 3.02. The van der Waals surface area contributed by atoms with Crippen LogP contribution in [0.2, 0.25) is 0 Å². The van der Waals surface area contributed by atoms with Crippen LogP contribution in [-0.4, -0.2) is 60.9 Å². The first-order valence-electron chi connectivity index (χ1n) is 9.87. The summed E-state index contributed by atoms with van der Waals surface area (Å²) in [7, 11) is -3.92. The number of nitrogen functional groups attached to an aromatic ring is 1. The molecule has 2 aromatic heterocycles.